The molecule has 0 bridgehead atoms. The molecule has 0 radical (unpaired) electrons. The third-order valence-electron chi connectivity index (χ3n) is 4.30. The average Bonchev–Trinajstić information content (AvgIpc) is 2.46. The monoisotopic (exact) mass is 289 g/mol. The van der Waals surface area contributed by atoms with Gasteiger partial charge in [-0.25, -0.2) is 0 Å². The van der Waals surface area contributed by atoms with Crippen LogP contribution < -0.4 is 0 Å². The van der Waals surface area contributed by atoms with Gasteiger partial charge in [0.2, 0.25) is 5.91 Å². The van der Waals surface area contributed by atoms with E-state index in [0.29, 0.717) is 19.5 Å². The lowest BCUT2D eigenvalue weighted by atomic mass is 9.93. The van der Waals surface area contributed by atoms with E-state index in [2.05, 4.69) is 19.1 Å². The van der Waals surface area contributed by atoms with Gasteiger partial charge in [0.15, 0.2) is 0 Å². The molecule has 0 saturated carbocycles. The number of carbonyl (C=O) groups is 2. The summed E-state index contributed by atoms with van der Waals surface area (Å²) in [4.78, 5) is 24.8. The number of amides is 1. The summed E-state index contributed by atoms with van der Waals surface area (Å²) in [5.74, 6) is -0.325. The van der Waals surface area contributed by atoms with E-state index in [4.69, 9.17) is 5.11 Å². The van der Waals surface area contributed by atoms with Crippen molar-refractivity contribution < 1.29 is 14.7 Å². The van der Waals surface area contributed by atoms with Crippen molar-refractivity contribution in [3.63, 3.8) is 0 Å². The van der Waals surface area contributed by atoms with Crippen molar-refractivity contribution in [2.75, 3.05) is 13.1 Å². The van der Waals surface area contributed by atoms with Gasteiger partial charge >= 0.3 is 5.97 Å². The number of carboxylic acid groups (broad SMARTS) is 1. The highest BCUT2D eigenvalue weighted by Crippen LogP contribution is 2.21. The lowest BCUT2D eigenvalue weighted by molar-refractivity contribution is -0.138. The molecule has 0 aromatic heterocycles. The zero-order valence-electron chi connectivity index (χ0n) is 12.5. The Kier molecular flexibility index (Phi) is 5.37. The lowest BCUT2D eigenvalue weighted by Crippen LogP contribution is -2.39. The molecule has 4 heteroatoms. The topological polar surface area (TPSA) is 57.6 Å². The number of benzene rings is 1. The van der Waals surface area contributed by atoms with E-state index in [1.807, 2.05) is 17.0 Å². The molecule has 0 atom stereocenters. The molecule has 1 heterocycles. The van der Waals surface area contributed by atoms with Crippen LogP contribution in [0, 0.1) is 12.8 Å². The van der Waals surface area contributed by atoms with Crippen LogP contribution in [0.4, 0.5) is 0 Å². The van der Waals surface area contributed by atoms with E-state index < -0.39 is 5.97 Å². The quantitative estimate of drug-likeness (QED) is 0.906. The molecule has 1 aromatic rings. The van der Waals surface area contributed by atoms with E-state index in [9.17, 15) is 9.59 Å². The molecule has 4 nitrogen and oxygen atoms in total. The maximum atomic E-state index is 12.2. The number of hydrogen-bond acceptors (Lipinski definition) is 2. The molecule has 1 fully saturated rings. The summed E-state index contributed by atoms with van der Waals surface area (Å²) < 4.78 is 0. The van der Waals surface area contributed by atoms with Crippen molar-refractivity contribution in [2.24, 2.45) is 5.92 Å². The molecule has 0 unspecified atom stereocenters. The summed E-state index contributed by atoms with van der Waals surface area (Å²) >= 11 is 0. The minimum atomic E-state index is -0.737. The Bertz CT molecular complexity index is 505. The van der Waals surface area contributed by atoms with Crippen molar-refractivity contribution in [1.82, 2.24) is 4.90 Å². The van der Waals surface area contributed by atoms with Crippen molar-refractivity contribution in [2.45, 2.75) is 39.0 Å². The molecular formula is C17H23NO3. The van der Waals surface area contributed by atoms with E-state index in [1.165, 1.54) is 11.1 Å². The van der Waals surface area contributed by atoms with Gasteiger partial charge in [-0.1, -0.05) is 24.3 Å². The van der Waals surface area contributed by atoms with Gasteiger partial charge < -0.3 is 10.0 Å². The Morgan fingerprint density at radius 2 is 1.90 bits per heavy atom. The summed E-state index contributed by atoms with van der Waals surface area (Å²) in [7, 11) is 0. The highest BCUT2D eigenvalue weighted by Gasteiger charge is 2.23. The highest BCUT2D eigenvalue weighted by atomic mass is 16.4. The van der Waals surface area contributed by atoms with Gasteiger partial charge in [-0.2, -0.15) is 0 Å². The largest absolute Gasteiger partial charge is 0.481 e. The Labute approximate surface area is 125 Å². The lowest BCUT2D eigenvalue weighted by Gasteiger charge is -2.31. The third-order valence-corrected chi connectivity index (χ3v) is 4.30. The van der Waals surface area contributed by atoms with Crippen LogP contribution in [0.5, 0.6) is 0 Å². The first-order valence-corrected chi connectivity index (χ1v) is 7.60. The molecule has 1 aliphatic rings. The third kappa shape index (κ3) is 4.59. The smallest absolute Gasteiger partial charge is 0.303 e. The first-order chi connectivity index (χ1) is 10.1. The average molecular weight is 289 g/mol. The summed E-state index contributed by atoms with van der Waals surface area (Å²) in [5, 5.41) is 8.80. The molecule has 21 heavy (non-hydrogen) atoms. The number of aliphatic carboxylic acids is 1. The molecular weight excluding hydrogens is 266 g/mol. The number of carbonyl (C=O) groups excluding carboxylic acids is 1. The van der Waals surface area contributed by atoms with Crippen LogP contribution in [0.2, 0.25) is 0 Å². The van der Waals surface area contributed by atoms with E-state index in [-0.39, 0.29) is 18.2 Å². The van der Waals surface area contributed by atoms with Crippen LogP contribution in [-0.4, -0.2) is 35.0 Å². The number of carboxylic acids is 1. The molecule has 0 aliphatic carbocycles. The maximum Gasteiger partial charge on any atom is 0.303 e. The minimum absolute atomic E-state index is 0.187. The van der Waals surface area contributed by atoms with Gasteiger partial charge in [0, 0.05) is 25.9 Å². The SMILES string of the molecule is Cc1ccccc1CCC(=O)N1CCC(CC(=O)O)CC1. The Morgan fingerprint density at radius 1 is 1.24 bits per heavy atom. The first kappa shape index (κ1) is 15.5. The molecule has 2 rings (SSSR count). The van der Waals surface area contributed by atoms with Gasteiger partial charge in [-0.05, 0) is 43.2 Å². The number of piperidine rings is 1. The van der Waals surface area contributed by atoms with Crippen LogP contribution in [0.15, 0.2) is 24.3 Å². The van der Waals surface area contributed by atoms with Crippen molar-refractivity contribution in [3.8, 4) is 0 Å². The molecule has 1 N–H and O–H groups in total. The molecule has 0 spiro atoms. The summed E-state index contributed by atoms with van der Waals surface area (Å²) in [6.45, 7) is 3.46. The predicted molar refractivity (Wildman–Crippen MR) is 81.1 cm³/mol. The molecule has 1 aromatic carbocycles. The predicted octanol–water partition coefficient (Wildman–Crippen LogP) is 2.64. The fraction of sp³-hybridized carbons (Fsp3) is 0.529. The Morgan fingerprint density at radius 3 is 2.52 bits per heavy atom. The molecule has 1 amide bonds. The second kappa shape index (κ2) is 7.25. The minimum Gasteiger partial charge on any atom is -0.481 e. The van der Waals surface area contributed by atoms with E-state index in [0.717, 1.165) is 19.3 Å². The van der Waals surface area contributed by atoms with Crippen LogP contribution in [0.3, 0.4) is 0 Å². The van der Waals surface area contributed by atoms with Crippen molar-refractivity contribution >= 4 is 11.9 Å². The van der Waals surface area contributed by atoms with Crippen LogP contribution >= 0.6 is 0 Å². The van der Waals surface area contributed by atoms with E-state index >= 15 is 0 Å². The van der Waals surface area contributed by atoms with Gasteiger partial charge in [-0.3, -0.25) is 9.59 Å². The second-order valence-corrected chi connectivity index (χ2v) is 5.85. The summed E-state index contributed by atoms with van der Waals surface area (Å²) in [5.41, 5.74) is 2.46. The Balaban J connectivity index is 1.77. The number of rotatable bonds is 5. The number of aryl methyl sites for hydroxylation is 2. The molecule has 114 valence electrons. The fourth-order valence-corrected chi connectivity index (χ4v) is 2.92. The number of hydrogen-bond donors (Lipinski definition) is 1. The zero-order chi connectivity index (χ0) is 15.2. The first-order valence-electron chi connectivity index (χ1n) is 7.60. The van der Waals surface area contributed by atoms with Crippen molar-refractivity contribution in [1.29, 1.82) is 0 Å². The van der Waals surface area contributed by atoms with E-state index in [1.54, 1.807) is 0 Å². The van der Waals surface area contributed by atoms with Crippen LogP contribution in [0.1, 0.15) is 36.8 Å². The van der Waals surface area contributed by atoms with Gasteiger partial charge in [0.1, 0.15) is 0 Å². The summed E-state index contributed by atoms with van der Waals surface area (Å²) in [6, 6.07) is 8.15. The fourth-order valence-electron chi connectivity index (χ4n) is 2.92. The zero-order valence-corrected chi connectivity index (χ0v) is 12.5. The van der Waals surface area contributed by atoms with Crippen LogP contribution in [0.25, 0.3) is 0 Å². The normalized spacial score (nSPS) is 16.0. The maximum absolute atomic E-state index is 12.2. The van der Waals surface area contributed by atoms with Crippen molar-refractivity contribution in [3.05, 3.63) is 35.4 Å². The summed E-state index contributed by atoms with van der Waals surface area (Å²) in [6.07, 6.45) is 3.16. The van der Waals surface area contributed by atoms with Gasteiger partial charge in [0.25, 0.3) is 0 Å². The highest BCUT2D eigenvalue weighted by molar-refractivity contribution is 5.76. The standard InChI is InChI=1S/C17H23NO3/c1-13-4-2-3-5-15(13)6-7-16(19)18-10-8-14(9-11-18)12-17(20)21/h2-5,14H,6-12H2,1H3,(H,20,21). The number of likely N-dealkylation sites (tertiary alicyclic amines) is 1. The van der Waals surface area contributed by atoms with Gasteiger partial charge in [-0.15, -0.1) is 0 Å². The number of nitrogens with zero attached hydrogens (tertiary/aromatic N) is 1. The molecule has 1 saturated heterocycles. The second-order valence-electron chi connectivity index (χ2n) is 5.85. The van der Waals surface area contributed by atoms with Gasteiger partial charge in [0.05, 0.1) is 0 Å². The van der Waals surface area contributed by atoms with Crippen LogP contribution in [-0.2, 0) is 16.0 Å². The molecule has 1 aliphatic heterocycles. The Hall–Kier alpha value is -1.84.